The van der Waals surface area contributed by atoms with Gasteiger partial charge in [-0.15, -0.1) is 0 Å². The number of nitrogens with two attached hydrogens (primary N) is 1. The predicted octanol–water partition coefficient (Wildman–Crippen LogP) is 0.556. The summed E-state index contributed by atoms with van der Waals surface area (Å²) < 4.78 is 22.7. The third kappa shape index (κ3) is 2.76. The molecule has 1 heterocycles. The predicted molar refractivity (Wildman–Crippen MR) is 73.2 cm³/mol. The number of anilines is 1. The minimum Gasteiger partial charge on any atom is -0.389 e. The molecule has 0 aliphatic carbocycles. The number of hydrogen-bond donors (Lipinski definition) is 1. The zero-order valence-corrected chi connectivity index (χ0v) is 10.9. The molecule has 0 unspecified atom stereocenters. The molecule has 0 radical (unpaired) electrons. The van der Waals surface area contributed by atoms with E-state index in [0.29, 0.717) is 18.1 Å². The monoisotopic (exact) mass is 270 g/mol. The normalized spacial score (nSPS) is 18.9. The van der Waals surface area contributed by atoms with Gasteiger partial charge in [-0.1, -0.05) is 24.4 Å². The van der Waals surface area contributed by atoms with Crippen molar-refractivity contribution in [2.75, 3.05) is 29.5 Å². The van der Waals surface area contributed by atoms with Gasteiger partial charge in [0.15, 0.2) is 9.84 Å². The Balaban J connectivity index is 2.27. The molecule has 0 bridgehead atoms. The summed E-state index contributed by atoms with van der Waals surface area (Å²) >= 11 is 5.00. The highest BCUT2D eigenvalue weighted by Crippen LogP contribution is 2.22. The van der Waals surface area contributed by atoms with Crippen LogP contribution in [0.4, 0.5) is 5.69 Å². The van der Waals surface area contributed by atoms with E-state index >= 15 is 0 Å². The molecule has 1 fully saturated rings. The van der Waals surface area contributed by atoms with Crippen molar-refractivity contribution >= 4 is 32.7 Å². The van der Waals surface area contributed by atoms with Crippen LogP contribution in [0.25, 0.3) is 0 Å². The average Bonchev–Trinajstić information content (AvgIpc) is 2.29. The summed E-state index contributed by atoms with van der Waals surface area (Å²) in [6.45, 7) is 1.00. The second kappa shape index (κ2) is 4.62. The maximum atomic E-state index is 11.4. The molecule has 1 saturated heterocycles. The largest absolute Gasteiger partial charge is 0.389 e. The van der Waals surface area contributed by atoms with E-state index < -0.39 is 9.84 Å². The van der Waals surface area contributed by atoms with Crippen LogP contribution < -0.4 is 10.6 Å². The number of rotatable bonds is 2. The van der Waals surface area contributed by atoms with E-state index in [4.69, 9.17) is 18.0 Å². The zero-order valence-electron chi connectivity index (χ0n) is 9.30. The first-order valence-electron chi connectivity index (χ1n) is 5.34. The number of benzene rings is 1. The Hall–Kier alpha value is -1.14. The topological polar surface area (TPSA) is 63.4 Å². The van der Waals surface area contributed by atoms with Gasteiger partial charge in [-0.2, -0.15) is 0 Å². The Morgan fingerprint density at radius 3 is 2.41 bits per heavy atom. The van der Waals surface area contributed by atoms with Crippen molar-refractivity contribution in [2.45, 2.75) is 0 Å². The van der Waals surface area contributed by atoms with E-state index in [0.717, 1.165) is 11.3 Å². The van der Waals surface area contributed by atoms with Crippen LogP contribution in [0.2, 0.25) is 0 Å². The van der Waals surface area contributed by atoms with Crippen molar-refractivity contribution in [3.05, 3.63) is 29.8 Å². The first kappa shape index (κ1) is 12.3. The number of sulfone groups is 1. The summed E-state index contributed by atoms with van der Waals surface area (Å²) in [6.07, 6.45) is 0. The van der Waals surface area contributed by atoms with Gasteiger partial charge < -0.3 is 10.6 Å². The number of para-hydroxylation sites is 1. The van der Waals surface area contributed by atoms with Crippen molar-refractivity contribution < 1.29 is 8.42 Å². The lowest BCUT2D eigenvalue weighted by atomic mass is 10.1. The molecule has 0 atom stereocenters. The van der Waals surface area contributed by atoms with E-state index in [1.54, 1.807) is 0 Å². The Morgan fingerprint density at radius 1 is 1.24 bits per heavy atom. The van der Waals surface area contributed by atoms with Crippen molar-refractivity contribution in [3.8, 4) is 0 Å². The highest BCUT2D eigenvalue weighted by atomic mass is 32.2. The minimum absolute atomic E-state index is 0.193. The molecule has 0 spiro atoms. The lowest BCUT2D eigenvalue weighted by Crippen LogP contribution is -2.41. The lowest BCUT2D eigenvalue weighted by Gasteiger charge is -2.30. The van der Waals surface area contributed by atoms with Crippen molar-refractivity contribution in [1.82, 2.24) is 0 Å². The van der Waals surface area contributed by atoms with E-state index in [1.165, 1.54) is 0 Å². The van der Waals surface area contributed by atoms with Gasteiger partial charge >= 0.3 is 0 Å². The van der Waals surface area contributed by atoms with Crippen LogP contribution in [0.5, 0.6) is 0 Å². The van der Waals surface area contributed by atoms with Crippen LogP contribution in [0.3, 0.4) is 0 Å². The highest BCUT2D eigenvalue weighted by molar-refractivity contribution is 7.91. The molecule has 2 N–H and O–H groups in total. The molecule has 17 heavy (non-hydrogen) atoms. The van der Waals surface area contributed by atoms with Gasteiger partial charge in [-0.25, -0.2) is 8.42 Å². The molecule has 0 amide bonds. The molecule has 4 nitrogen and oxygen atoms in total. The standard InChI is InChI=1S/C11H14N2O2S2/c12-11(16)9-3-1-2-4-10(9)13-5-7-17(14,15)8-6-13/h1-4H,5-8H2,(H2,12,16). The Kier molecular flexibility index (Phi) is 3.35. The van der Waals surface area contributed by atoms with Gasteiger partial charge in [0.25, 0.3) is 0 Å². The molecule has 1 aromatic carbocycles. The van der Waals surface area contributed by atoms with Crippen LogP contribution in [0, 0.1) is 0 Å². The summed E-state index contributed by atoms with van der Waals surface area (Å²) in [5.41, 5.74) is 7.39. The van der Waals surface area contributed by atoms with Crippen LogP contribution in [-0.2, 0) is 9.84 Å². The SMILES string of the molecule is NC(=S)c1ccccc1N1CCS(=O)(=O)CC1. The molecule has 1 aromatic rings. The Labute approximate surface area is 106 Å². The van der Waals surface area contributed by atoms with Gasteiger partial charge in [0.05, 0.1) is 11.5 Å². The fourth-order valence-electron chi connectivity index (χ4n) is 1.91. The van der Waals surface area contributed by atoms with Gasteiger partial charge in [0.2, 0.25) is 0 Å². The smallest absolute Gasteiger partial charge is 0.153 e. The summed E-state index contributed by atoms with van der Waals surface area (Å²) in [5.74, 6) is 0.386. The first-order valence-corrected chi connectivity index (χ1v) is 7.57. The molecule has 6 heteroatoms. The fourth-order valence-corrected chi connectivity index (χ4v) is 3.28. The van der Waals surface area contributed by atoms with E-state index in [1.807, 2.05) is 29.2 Å². The number of nitrogens with zero attached hydrogens (tertiary/aromatic N) is 1. The van der Waals surface area contributed by atoms with Crippen molar-refractivity contribution in [2.24, 2.45) is 5.73 Å². The Morgan fingerprint density at radius 2 is 1.82 bits per heavy atom. The van der Waals surface area contributed by atoms with Gasteiger partial charge in [-0.05, 0) is 12.1 Å². The van der Waals surface area contributed by atoms with Gasteiger partial charge in [0.1, 0.15) is 4.99 Å². The molecule has 0 saturated carbocycles. The molecule has 1 aliphatic rings. The molecule has 2 rings (SSSR count). The maximum Gasteiger partial charge on any atom is 0.153 e. The van der Waals surface area contributed by atoms with Crippen LogP contribution in [-0.4, -0.2) is 38.0 Å². The van der Waals surface area contributed by atoms with E-state index in [-0.39, 0.29) is 11.5 Å². The fraction of sp³-hybridized carbons (Fsp3) is 0.364. The van der Waals surface area contributed by atoms with Crippen LogP contribution in [0.15, 0.2) is 24.3 Å². The Bertz CT molecular complexity index is 526. The quantitative estimate of drug-likeness (QED) is 0.795. The number of thiocarbonyl (C=S) groups is 1. The molecular weight excluding hydrogens is 256 g/mol. The average molecular weight is 270 g/mol. The summed E-state index contributed by atoms with van der Waals surface area (Å²) in [6, 6.07) is 7.56. The first-order chi connectivity index (χ1) is 7.99. The van der Waals surface area contributed by atoms with Crippen molar-refractivity contribution in [1.29, 1.82) is 0 Å². The summed E-state index contributed by atoms with van der Waals surface area (Å²) in [7, 11) is -2.86. The van der Waals surface area contributed by atoms with Crippen LogP contribution in [0.1, 0.15) is 5.56 Å². The zero-order chi connectivity index (χ0) is 12.5. The summed E-state index contributed by atoms with van der Waals surface area (Å²) in [5, 5.41) is 0. The third-order valence-electron chi connectivity index (χ3n) is 2.85. The maximum absolute atomic E-state index is 11.4. The molecule has 0 aromatic heterocycles. The molecular formula is C11H14N2O2S2. The second-order valence-electron chi connectivity index (χ2n) is 4.02. The number of hydrogen-bond acceptors (Lipinski definition) is 4. The van der Waals surface area contributed by atoms with Gasteiger partial charge in [-0.3, -0.25) is 0 Å². The van der Waals surface area contributed by atoms with E-state index in [2.05, 4.69) is 0 Å². The second-order valence-corrected chi connectivity index (χ2v) is 6.76. The molecule has 1 aliphatic heterocycles. The third-order valence-corrected chi connectivity index (χ3v) is 4.68. The summed E-state index contributed by atoms with van der Waals surface area (Å²) in [4.78, 5) is 2.37. The lowest BCUT2D eigenvalue weighted by molar-refractivity contribution is 0.587. The van der Waals surface area contributed by atoms with Crippen molar-refractivity contribution in [3.63, 3.8) is 0 Å². The van der Waals surface area contributed by atoms with Crippen LogP contribution >= 0.6 is 12.2 Å². The van der Waals surface area contributed by atoms with E-state index in [9.17, 15) is 8.42 Å². The minimum atomic E-state index is -2.86. The highest BCUT2D eigenvalue weighted by Gasteiger charge is 2.23. The molecule has 92 valence electrons. The van der Waals surface area contributed by atoms with Gasteiger partial charge in [0, 0.05) is 24.3 Å².